The van der Waals surface area contributed by atoms with E-state index in [0.717, 1.165) is 19.5 Å². The zero-order valence-corrected chi connectivity index (χ0v) is 11.2. The highest BCUT2D eigenvalue weighted by Gasteiger charge is 2.14. The summed E-state index contributed by atoms with van der Waals surface area (Å²) >= 11 is 0. The van der Waals surface area contributed by atoms with E-state index in [1.165, 1.54) is 6.42 Å². The molecule has 1 amide bonds. The van der Waals surface area contributed by atoms with E-state index < -0.39 is 0 Å². The Bertz CT molecular complexity index is 402. The van der Waals surface area contributed by atoms with Gasteiger partial charge in [0.25, 0.3) is 5.91 Å². The minimum atomic E-state index is -0.210. The summed E-state index contributed by atoms with van der Waals surface area (Å²) in [5, 5.41) is 13.7. The first-order chi connectivity index (χ1) is 9.29. The maximum Gasteiger partial charge on any atom is 0.271 e. The van der Waals surface area contributed by atoms with Gasteiger partial charge in [-0.05, 0) is 44.8 Å². The quantitative estimate of drug-likeness (QED) is 0.787. The number of nitrogens with one attached hydrogen (secondary N) is 2. The van der Waals surface area contributed by atoms with Crippen LogP contribution in [0.15, 0.2) is 12.1 Å². The van der Waals surface area contributed by atoms with Gasteiger partial charge in [-0.3, -0.25) is 4.79 Å². The third-order valence-corrected chi connectivity index (χ3v) is 3.15. The number of nitrogens with zero attached hydrogens (tertiary/aromatic N) is 2. The van der Waals surface area contributed by atoms with Crippen LogP contribution >= 0.6 is 0 Å². The molecule has 0 aliphatic carbocycles. The molecular formula is C13H20N4O2. The molecule has 1 aliphatic heterocycles. The van der Waals surface area contributed by atoms with Crippen molar-refractivity contribution in [3.05, 3.63) is 17.8 Å². The van der Waals surface area contributed by atoms with Gasteiger partial charge in [0.1, 0.15) is 0 Å². The highest BCUT2D eigenvalue weighted by atomic mass is 16.5. The van der Waals surface area contributed by atoms with Crippen LogP contribution in [0.5, 0.6) is 5.88 Å². The first-order valence-electron chi connectivity index (χ1n) is 6.75. The van der Waals surface area contributed by atoms with Crippen LogP contribution in [0.2, 0.25) is 0 Å². The number of hydrogen-bond donors (Lipinski definition) is 2. The molecule has 1 aliphatic rings. The van der Waals surface area contributed by atoms with Gasteiger partial charge in [-0.15, -0.1) is 10.2 Å². The third-order valence-electron chi connectivity index (χ3n) is 3.15. The van der Waals surface area contributed by atoms with Gasteiger partial charge in [-0.2, -0.15) is 0 Å². The van der Waals surface area contributed by atoms with Gasteiger partial charge in [0.2, 0.25) is 5.88 Å². The molecule has 1 fully saturated rings. The van der Waals surface area contributed by atoms with Gasteiger partial charge >= 0.3 is 0 Å². The Kier molecular flexibility index (Phi) is 5.09. The lowest BCUT2D eigenvalue weighted by molar-refractivity contribution is 0.0949. The van der Waals surface area contributed by atoms with Crippen LogP contribution in [0.1, 0.15) is 30.3 Å². The largest absolute Gasteiger partial charge is 0.477 e. The summed E-state index contributed by atoms with van der Waals surface area (Å²) in [5.74, 6) is 0.958. The van der Waals surface area contributed by atoms with E-state index in [2.05, 4.69) is 20.8 Å². The van der Waals surface area contributed by atoms with E-state index in [-0.39, 0.29) is 5.91 Å². The number of ether oxygens (including phenoxy) is 1. The predicted molar refractivity (Wildman–Crippen MR) is 71.1 cm³/mol. The summed E-state index contributed by atoms with van der Waals surface area (Å²) in [7, 11) is 0. The summed E-state index contributed by atoms with van der Waals surface area (Å²) in [6.45, 7) is 5.26. The second-order valence-corrected chi connectivity index (χ2v) is 4.61. The third kappa shape index (κ3) is 4.17. The van der Waals surface area contributed by atoms with Gasteiger partial charge in [-0.1, -0.05) is 0 Å². The lowest BCUT2D eigenvalue weighted by atomic mass is 10.1. The average Bonchev–Trinajstić information content (AvgIpc) is 2.93. The molecule has 2 heterocycles. The Balaban J connectivity index is 1.76. The van der Waals surface area contributed by atoms with Crippen LogP contribution in [-0.4, -0.2) is 42.3 Å². The van der Waals surface area contributed by atoms with Crippen molar-refractivity contribution in [3.8, 4) is 5.88 Å². The Morgan fingerprint density at radius 2 is 2.42 bits per heavy atom. The molecule has 0 radical (unpaired) electrons. The molecule has 104 valence electrons. The molecule has 1 saturated heterocycles. The number of hydrogen-bond acceptors (Lipinski definition) is 5. The molecular weight excluding hydrogens is 244 g/mol. The fourth-order valence-electron chi connectivity index (χ4n) is 2.06. The van der Waals surface area contributed by atoms with Crippen LogP contribution in [0.3, 0.4) is 0 Å². The first kappa shape index (κ1) is 13.7. The van der Waals surface area contributed by atoms with Crippen LogP contribution in [0.25, 0.3) is 0 Å². The topological polar surface area (TPSA) is 76.1 Å². The summed E-state index contributed by atoms with van der Waals surface area (Å²) in [6.07, 6.45) is 2.23. The van der Waals surface area contributed by atoms with Gasteiger partial charge < -0.3 is 15.4 Å². The molecule has 2 rings (SSSR count). The number of amides is 1. The summed E-state index contributed by atoms with van der Waals surface area (Å²) in [4.78, 5) is 11.5. The van der Waals surface area contributed by atoms with Crippen LogP contribution < -0.4 is 15.4 Å². The summed E-state index contributed by atoms with van der Waals surface area (Å²) in [5.41, 5.74) is 0.314. The van der Waals surface area contributed by atoms with Crippen molar-refractivity contribution < 1.29 is 9.53 Å². The number of carbonyl (C=O) groups excluding carboxylic acids is 1. The highest BCUT2D eigenvalue weighted by Crippen LogP contribution is 2.13. The van der Waals surface area contributed by atoms with Crippen molar-refractivity contribution in [2.24, 2.45) is 5.92 Å². The number of carbonyl (C=O) groups is 1. The fourth-order valence-corrected chi connectivity index (χ4v) is 2.06. The molecule has 6 heteroatoms. The average molecular weight is 264 g/mol. The molecule has 0 bridgehead atoms. The summed E-state index contributed by atoms with van der Waals surface area (Å²) in [6, 6.07) is 3.31. The minimum absolute atomic E-state index is 0.210. The Morgan fingerprint density at radius 1 is 1.53 bits per heavy atom. The monoisotopic (exact) mass is 264 g/mol. The highest BCUT2D eigenvalue weighted by molar-refractivity contribution is 5.91. The molecule has 0 aromatic carbocycles. The van der Waals surface area contributed by atoms with Crippen LogP contribution in [-0.2, 0) is 0 Å². The first-order valence-corrected chi connectivity index (χ1v) is 6.75. The smallest absolute Gasteiger partial charge is 0.271 e. The molecule has 0 spiro atoms. The van der Waals surface area contributed by atoms with Crippen molar-refractivity contribution >= 4 is 5.91 Å². The molecule has 1 atom stereocenters. The molecule has 1 aromatic heterocycles. The molecule has 1 unspecified atom stereocenters. The van der Waals surface area contributed by atoms with Crippen molar-refractivity contribution in [1.82, 2.24) is 20.8 Å². The molecule has 0 saturated carbocycles. The van der Waals surface area contributed by atoms with Crippen molar-refractivity contribution in [2.45, 2.75) is 19.8 Å². The predicted octanol–water partition coefficient (Wildman–Crippen LogP) is 0.605. The van der Waals surface area contributed by atoms with Crippen molar-refractivity contribution in [2.75, 3.05) is 26.2 Å². The van der Waals surface area contributed by atoms with Gasteiger partial charge in [-0.25, -0.2) is 0 Å². The van der Waals surface area contributed by atoms with E-state index >= 15 is 0 Å². The lowest BCUT2D eigenvalue weighted by Crippen LogP contribution is -2.24. The van der Waals surface area contributed by atoms with E-state index in [9.17, 15) is 4.79 Å². The zero-order valence-electron chi connectivity index (χ0n) is 11.2. The van der Waals surface area contributed by atoms with E-state index in [1.54, 1.807) is 12.1 Å². The SMILES string of the molecule is CCNC(=O)c1ccc(OCCC2CCNC2)nn1. The molecule has 6 nitrogen and oxygen atoms in total. The molecule has 19 heavy (non-hydrogen) atoms. The second kappa shape index (κ2) is 7.04. The normalized spacial score (nSPS) is 18.3. The van der Waals surface area contributed by atoms with Crippen LogP contribution in [0.4, 0.5) is 0 Å². The van der Waals surface area contributed by atoms with Crippen LogP contribution in [0, 0.1) is 5.92 Å². The zero-order chi connectivity index (χ0) is 13.5. The van der Waals surface area contributed by atoms with Gasteiger partial charge in [0, 0.05) is 12.6 Å². The molecule has 1 aromatic rings. The summed E-state index contributed by atoms with van der Waals surface area (Å²) < 4.78 is 5.53. The van der Waals surface area contributed by atoms with Gasteiger partial charge in [0.15, 0.2) is 5.69 Å². The second-order valence-electron chi connectivity index (χ2n) is 4.61. The lowest BCUT2D eigenvalue weighted by Gasteiger charge is -2.09. The minimum Gasteiger partial charge on any atom is -0.477 e. The Labute approximate surface area is 112 Å². The van der Waals surface area contributed by atoms with E-state index in [0.29, 0.717) is 30.6 Å². The maximum atomic E-state index is 11.5. The number of rotatable bonds is 6. The Morgan fingerprint density at radius 3 is 3.05 bits per heavy atom. The fraction of sp³-hybridized carbons (Fsp3) is 0.615. The molecule has 2 N–H and O–H groups in total. The van der Waals surface area contributed by atoms with Gasteiger partial charge in [0.05, 0.1) is 6.61 Å². The standard InChI is InChI=1S/C13H20N4O2/c1-2-15-13(18)11-3-4-12(17-16-11)19-8-6-10-5-7-14-9-10/h3-4,10,14H,2,5-9H2,1H3,(H,15,18). The van der Waals surface area contributed by atoms with Crippen molar-refractivity contribution in [1.29, 1.82) is 0 Å². The van der Waals surface area contributed by atoms with E-state index in [4.69, 9.17) is 4.74 Å². The van der Waals surface area contributed by atoms with Crippen molar-refractivity contribution in [3.63, 3.8) is 0 Å². The van der Waals surface area contributed by atoms with E-state index in [1.807, 2.05) is 6.92 Å². The number of aromatic nitrogens is 2. The maximum absolute atomic E-state index is 11.5. The Hall–Kier alpha value is -1.69.